The smallest absolute Gasteiger partial charge is 0.222 e. The maximum Gasteiger partial charge on any atom is 0.222 e. The number of nitrogens with zero attached hydrogens (tertiary/aromatic N) is 1. The van der Waals surface area contributed by atoms with Gasteiger partial charge in [0.25, 0.3) is 0 Å². The Morgan fingerprint density at radius 2 is 2.21 bits per heavy atom. The van der Waals surface area contributed by atoms with Crippen LogP contribution in [0.5, 0.6) is 0 Å². The molecule has 1 saturated carbocycles. The van der Waals surface area contributed by atoms with E-state index in [-0.39, 0.29) is 0 Å². The first-order valence-electron chi connectivity index (χ1n) is 5.96. The number of unbranched alkanes of at least 4 members (excludes halogenated alkanes) is 1. The second kappa shape index (κ2) is 3.56. The van der Waals surface area contributed by atoms with Gasteiger partial charge >= 0.3 is 0 Å². The molecule has 1 saturated heterocycles. The molecule has 0 N–H and O–H groups in total. The molecule has 2 fully saturated rings. The summed E-state index contributed by atoms with van der Waals surface area (Å²) in [6.45, 7) is 5.40. The number of likely N-dealkylation sites (tertiary alicyclic amines) is 1. The highest BCUT2D eigenvalue weighted by atomic mass is 16.2. The van der Waals surface area contributed by atoms with Gasteiger partial charge in [-0.15, -0.1) is 0 Å². The van der Waals surface area contributed by atoms with Gasteiger partial charge in [-0.25, -0.2) is 0 Å². The molecule has 0 bridgehead atoms. The summed E-state index contributed by atoms with van der Waals surface area (Å²) in [5.74, 6) is 0.392. The third-order valence-corrected chi connectivity index (χ3v) is 3.79. The predicted octanol–water partition coefficient (Wildman–Crippen LogP) is 2.58. The normalized spacial score (nSPS) is 28.4. The molecule has 14 heavy (non-hydrogen) atoms. The quantitative estimate of drug-likeness (QED) is 0.678. The van der Waals surface area contributed by atoms with Crippen LogP contribution in [0.15, 0.2) is 0 Å². The molecule has 2 heteroatoms. The van der Waals surface area contributed by atoms with Crippen LogP contribution >= 0.6 is 0 Å². The van der Waals surface area contributed by atoms with E-state index in [0.717, 1.165) is 25.8 Å². The molecule has 80 valence electrons. The second-order valence-corrected chi connectivity index (χ2v) is 5.18. The van der Waals surface area contributed by atoms with Gasteiger partial charge < -0.3 is 4.90 Å². The molecule has 0 aromatic rings. The van der Waals surface area contributed by atoms with Gasteiger partial charge in [-0.1, -0.05) is 13.3 Å². The fourth-order valence-corrected chi connectivity index (χ4v) is 2.66. The zero-order chi connectivity index (χ0) is 10.2. The number of hydrogen-bond acceptors (Lipinski definition) is 1. The highest BCUT2D eigenvalue weighted by Gasteiger charge is 2.51. The molecule has 1 unspecified atom stereocenters. The van der Waals surface area contributed by atoms with Crippen LogP contribution in [-0.4, -0.2) is 23.4 Å². The molecule has 0 aromatic carbocycles. The van der Waals surface area contributed by atoms with Crippen molar-refractivity contribution in [2.75, 3.05) is 6.54 Å². The summed E-state index contributed by atoms with van der Waals surface area (Å²) in [5, 5.41) is 0. The van der Waals surface area contributed by atoms with Crippen molar-refractivity contribution in [3.8, 4) is 0 Å². The molecule has 1 heterocycles. The van der Waals surface area contributed by atoms with Crippen molar-refractivity contribution in [3.63, 3.8) is 0 Å². The van der Waals surface area contributed by atoms with Gasteiger partial charge in [-0.3, -0.25) is 4.79 Å². The lowest BCUT2D eigenvalue weighted by molar-refractivity contribution is -0.132. The van der Waals surface area contributed by atoms with E-state index in [2.05, 4.69) is 18.7 Å². The van der Waals surface area contributed by atoms with E-state index in [0.29, 0.717) is 17.4 Å². The van der Waals surface area contributed by atoms with Gasteiger partial charge in [0.1, 0.15) is 0 Å². The van der Waals surface area contributed by atoms with Crippen molar-refractivity contribution in [2.45, 2.75) is 58.4 Å². The number of amides is 1. The first-order chi connectivity index (χ1) is 6.67. The van der Waals surface area contributed by atoms with Crippen molar-refractivity contribution in [1.82, 2.24) is 4.90 Å². The van der Waals surface area contributed by atoms with Gasteiger partial charge in [-0.05, 0) is 38.0 Å². The minimum atomic E-state index is 0.392. The number of carbonyl (C=O) groups excluding carboxylic acids is 1. The van der Waals surface area contributed by atoms with Crippen molar-refractivity contribution >= 4 is 5.91 Å². The minimum absolute atomic E-state index is 0.392. The van der Waals surface area contributed by atoms with E-state index in [1.54, 1.807) is 0 Å². The number of carbonyl (C=O) groups is 1. The van der Waals surface area contributed by atoms with Crippen LogP contribution in [0.3, 0.4) is 0 Å². The largest absolute Gasteiger partial charge is 0.339 e. The monoisotopic (exact) mass is 195 g/mol. The van der Waals surface area contributed by atoms with Gasteiger partial charge in [-0.2, -0.15) is 0 Å². The molecular formula is C12H21NO. The van der Waals surface area contributed by atoms with Crippen LogP contribution in [0.2, 0.25) is 0 Å². The zero-order valence-corrected chi connectivity index (χ0v) is 9.38. The summed E-state index contributed by atoms with van der Waals surface area (Å²) in [5.41, 5.74) is 0.571. The van der Waals surface area contributed by atoms with Crippen molar-refractivity contribution < 1.29 is 4.79 Å². The van der Waals surface area contributed by atoms with Crippen LogP contribution < -0.4 is 0 Å². The van der Waals surface area contributed by atoms with Crippen LogP contribution in [0, 0.1) is 5.41 Å². The molecule has 1 aliphatic heterocycles. The summed E-state index contributed by atoms with van der Waals surface area (Å²) < 4.78 is 0. The maximum absolute atomic E-state index is 11.9. The predicted molar refractivity (Wildman–Crippen MR) is 57.0 cm³/mol. The Balaban J connectivity index is 1.88. The molecule has 1 amide bonds. The summed E-state index contributed by atoms with van der Waals surface area (Å²) in [6.07, 6.45) is 6.90. The molecule has 0 radical (unpaired) electrons. The average molecular weight is 195 g/mol. The van der Waals surface area contributed by atoms with E-state index >= 15 is 0 Å². The molecule has 2 rings (SSSR count). The maximum atomic E-state index is 11.9. The van der Waals surface area contributed by atoms with Crippen LogP contribution in [0.25, 0.3) is 0 Å². The molecule has 1 spiro atoms. The zero-order valence-electron chi connectivity index (χ0n) is 9.38. The van der Waals surface area contributed by atoms with Crippen LogP contribution in [0.1, 0.15) is 52.4 Å². The van der Waals surface area contributed by atoms with Gasteiger partial charge in [0.15, 0.2) is 0 Å². The SMILES string of the molecule is CCCCC(=O)N1CC2(CC2)CC1C. The van der Waals surface area contributed by atoms with Gasteiger partial charge in [0, 0.05) is 19.0 Å². The lowest BCUT2D eigenvalue weighted by atomic mass is 10.0. The first kappa shape index (κ1) is 10.0. The van der Waals surface area contributed by atoms with Gasteiger partial charge in [0.05, 0.1) is 0 Å². The number of rotatable bonds is 3. The second-order valence-electron chi connectivity index (χ2n) is 5.18. The summed E-state index contributed by atoms with van der Waals surface area (Å²) >= 11 is 0. The van der Waals surface area contributed by atoms with E-state index in [1.165, 1.54) is 19.3 Å². The van der Waals surface area contributed by atoms with E-state index in [9.17, 15) is 4.79 Å². The Kier molecular flexibility index (Phi) is 2.54. The number of hydrogen-bond donors (Lipinski definition) is 0. The fraction of sp³-hybridized carbons (Fsp3) is 0.917. The van der Waals surface area contributed by atoms with Crippen molar-refractivity contribution in [2.24, 2.45) is 5.41 Å². The minimum Gasteiger partial charge on any atom is -0.339 e. The molecule has 2 nitrogen and oxygen atoms in total. The highest BCUT2D eigenvalue weighted by molar-refractivity contribution is 5.77. The Morgan fingerprint density at radius 1 is 1.50 bits per heavy atom. The Bertz CT molecular complexity index is 232. The third kappa shape index (κ3) is 1.79. The molecule has 1 atom stereocenters. The lowest BCUT2D eigenvalue weighted by Gasteiger charge is -2.21. The van der Waals surface area contributed by atoms with Gasteiger partial charge in [0.2, 0.25) is 5.91 Å². The summed E-state index contributed by atoms with van der Waals surface area (Å²) in [6, 6.07) is 0.502. The first-order valence-corrected chi connectivity index (χ1v) is 5.96. The van der Waals surface area contributed by atoms with Crippen LogP contribution in [-0.2, 0) is 4.79 Å². The van der Waals surface area contributed by atoms with Crippen LogP contribution in [0.4, 0.5) is 0 Å². The topological polar surface area (TPSA) is 20.3 Å². The highest BCUT2D eigenvalue weighted by Crippen LogP contribution is 2.54. The Morgan fingerprint density at radius 3 is 2.71 bits per heavy atom. The van der Waals surface area contributed by atoms with E-state index in [1.807, 2.05) is 0 Å². The van der Waals surface area contributed by atoms with Crippen molar-refractivity contribution in [1.29, 1.82) is 0 Å². The lowest BCUT2D eigenvalue weighted by Crippen LogP contribution is -2.33. The third-order valence-electron chi connectivity index (χ3n) is 3.79. The standard InChI is InChI=1S/C12H21NO/c1-3-4-5-11(14)13-9-12(6-7-12)8-10(13)2/h10H,3-9H2,1-2H3. The summed E-state index contributed by atoms with van der Waals surface area (Å²) in [7, 11) is 0. The molecule has 0 aromatic heterocycles. The van der Waals surface area contributed by atoms with Crippen molar-refractivity contribution in [3.05, 3.63) is 0 Å². The average Bonchev–Trinajstić information content (AvgIpc) is 2.81. The molecule has 2 aliphatic rings. The summed E-state index contributed by atoms with van der Waals surface area (Å²) in [4.78, 5) is 14.0. The fourth-order valence-electron chi connectivity index (χ4n) is 2.66. The Labute approximate surface area is 86.7 Å². The van der Waals surface area contributed by atoms with E-state index in [4.69, 9.17) is 0 Å². The van der Waals surface area contributed by atoms with E-state index < -0.39 is 0 Å². The molecular weight excluding hydrogens is 174 g/mol. The molecule has 1 aliphatic carbocycles. The Hall–Kier alpha value is -0.530.